The van der Waals surface area contributed by atoms with Gasteiger partial charge in [0, 0.05) is 5.92 Å². The molecule has 16 heavy (non-hydrogen) atoms. The van der Waals surface area contributed by atoms with Gasteiger partial charge in [0.2, 0.25) is 0 Å². The third kappa shape index (κ3) is 2.05. The van der Waals surface area contributed by atoms with Crippen LogP contribution in [0, 0.1) is 13.8 Å². The molecule has 0 saturated heterocycles. The van der Waals surface area contributed by atoms with E-state index in [1.54, 1.807) is 6.33 Å². The molecule has 0 fully saturated rings. The summed E-state index contributed by atoms with van der Waals surface area (Å²) in [5.74, 6) is 1.38. The Balaban J connectivity index is 0.000000606. The highest BCUT2D eigenvalue weighted by molar-refractivity contribution is 5.55. The minimum absolute atomic E-state index is 0.380. The van der Waals surface area contributed by atoms with Crippen LogP contribution < -0.4 is 0 Å². The van der Waals surface area contributed by atoms with Crippen LogP contribution in [-0.2, 0) is 0 Å². The Bertz CT molecular complexity index is 471. The molecule has 0 bridgehead atoms. The van der Waals surface area contributed by atoms with Crippen LogP contribution in [0.25, 0.3) is 5.52 Å². The Morgan fingerprint density at radius 3 is 2.31 bits per heavy atom. The van der Waals surface area contributed by atoms with E-state index in [2.05, 4.69) is 28.9 Å². The average molecular weight is 220 g/mol. The summed E-state index contributed by atoms with van der Waals surface area (Å²) in [5, 5.41) is 4.23. The maximum Gasteiger partial charge on any atom is 0.136 e. The van der Waals surface area contributed by atoms with Crippen molar-refractivity contribution in [3.8, 4) is 0 Å². The van der Waals surface area contributed by atoms with Gasteiger partial charge >= 0.3 is 0 Å². The third-order valence-corrected chi connectivity index (χ3v) is 2.33. The molecule has 0 spiro atoms. The zero-order valence-electron chi connectivity index (χ0n) is 10.9. The quantitative estimate of drug-likeness (QED) is 0.742. The molecule has 0 atom stereocenters. The van der Waals surface area contributed by atoms with Gasteiger partial charge in [-0.25, -0.2) is 14.5 Å². The molecule has 4 nitrogen and oxygen atoms in total. The van der Waals surface area contributed by atoms with Gasteiger partial charge in [-0.2, -0.15) is 5.10 Å². The fraction of sp³-hybridized carbons (Fsp3) is 0.583. The van der Waals surface area contributed by atoms with Crippen LogP contribution in [0.4, 0.5) is 0 Å². The zero-order valence-corrected chi connectivity index (χ0v) is 10.9. The minimum Gasteiger partial charge on any atom is -0.238 e. The summed E-state index contributed by atoms with van der Waals surface area (Å²) in [6.45, 7) is 12.2. The predicted molar refractivity (Wildman–Crippen MR) is 65.7 cm³/mol. The van der Waals surface area contributed by atoms with Gasteiger partial charge in [0.1, 0.15) is 17.7 Å². The Labute approximate surface area is 96.7 Å². The molecule has 2 aromatic rings. The lowest BCUT2D eigenvalue weighted by Gasteiger charge is -2.02. The fourth-order valence-electron chi connectivity index (χ4n) is 1.67. The van der Waals surface area contributed by atoms with Crippen molar-refractivity contribution in [3.05, 3.63) is 23.5 Å². The van der Waals surface area contributed by atoms with E-state index in [1.807, 2.05) is 32.2 Å². The molecule has 0 N–H and O–H groups in total. The van der Waals surface area contributed by atoms with Crippen molar-refractivity contribution >= 4 is 5.52 Å². The first kappa shape index (κ1) is 12.6. The van der Waals surface area contributed by atoms with E-state index in [0.29, 0.717) is 5.92 Å². The number of hydrogen-bond donors (Lipinski definition) is 0. The number of imidazole rings is 1. The molecule has 4 heteroatoms. The first-order valence-corrected chi connectivity index (χ1v) is 5.78. The molecule has 0 radical (unpaired) electrons. The molecule has 0 saturated carbocycles. The topological polar surface area (TPSA) is 43.1 Å². The van der Waals surface area contributed by atoms with E-state index in [4.69, 9.17) is 0 Å². The van der Waals surface area contributed by atoms with Gasteiger partial charge in [-0.3, -0.25) is 0 Å². The molecule has 2 aromatic heterocycles. The summed E-state index contributed by atoms with van der Waals surface area (Å²) in [4.78, 5) is 8.68. The first-order valence-electron chi connectivity index (χ1n) is 5.78. The number of hydrogen-bond acceptors (Lipinski definition) is 3. The van der Waals surface area contributed by atoms with Gasteiger partial charge in [-0.1, -0.05) is 27.7 Å². The van der Waals surface area contributed by atoms with Gasteiger partial charge in [0.05, 0.1) is 11.4 Å². The van der Waals surface area contributed by atoms with Crippen molar-refractivity contribution in [1.29, 1.82) is 0 Å². The third-order valence-electron chi connectivity index (χ3n) is 2.33. The number of nitrogens with zero attached hydrogens (tertiary/aromatic N) is 4. The smallest absolute Gasteiger partial charge is 0.136 e. The summed E-state index contributed by atoms with van der Waals surface area (Å²) in [7, 11) is 0. The summed E-state index contributed by atoms with van der Waals surface area (Å²) in [6.07, 6.45) is 1.58. The molecule has 0 aliphatic carbocycles. The van der Waals surface area contributed by atoms with E-state index in [9.17, 15) is 0 Å². The van der Waals surface area contributed by atoms with Crippen molar-refractivity contribution in [2.24, 2.45) is 0 Å². The van der Waals surface area contributed by atoms with Crippen LogP contribution in [0.2, 0.25) is 0 Å². The molecule has 0 unspecified atom stereocenters. The summed E-state index contributed by atoms with van der Waals surface area (Å²) in [5.41, 5.74) is 3.03. The molecule has 2 heterocycles. The number of rotatable bonds is 1. The lowest BCUT2D eigenvalue weighted by atomic mass is 10.2. The fourth-order valence-corrected chi connectivity index (χ4v) is 1.67. The molecular formula is C12H20N4. The molecule has 88 valence electrons. The maximum atomic E-state index is 4.51. The van der Waals surface area contributed by atoms with E-state index < -0.39 is 0 Å². The Kier molecular flexibility index (Phi) is 3.99. The molecule has 0 aliphatic heterocycles. The highest BCUT2D eigenvalue weighted by Gasteiger charge is 2.13. The van der Waals surface area contributed by atoms with Gasteiger partial charge in [-0.05, 0) is 13.8 Å². The van der Waals surface area contributed by atoms with E-state index in [-0.39, 0.29) is 0 Å². The van der Waals surface area contributed by atoms with Gasteiger partial charge in [-0.15, -0.1) is 0 Å². The first-order chi connectivity index (χ1) is 7.61. The van der Waals surface area contributed by atoms with Crippen molar-refractivity contribution < 1.29 is 0 Å². The predicted octanol–water partition coefficient (Wildman–Crippen LogP) is 2.89. The van der Waals surface area contributed by atoms with Crippen molar-refractivity contribution in [2.45, 2.75) is 47.5 Å². The number of aromatic nitrogens is 4. The standard InChI is InChI=1S/C10H14N4.C2H6/c1-6(2)10-13-8(4)9-7(3)11-5-12-14(9)10;1-2/h5-6H,1-4H3;1-2H3. The zero-order chi connectivity index (χ0) is 12.3. The largest absolute Gasteiger partial charge is 0.238 e. The molecule has 2 rings (SSSR count). The van der Waals surface area contributed by atoms with Crippen molar-refractivity contribution in [3.63, 3.8) is 0 Å². The second-order valence-corrected chi connectivity index (χ2v) is 3.82. The van der Waals surface area contributed by atoms with Crippen molar-refractivity contribution in [2.75, 3.05) is 0 Å². The van der Waals surface area contributed by atoms with E-state index in [1.165, 1.54) is 0 Å². The molecule has 0 aliphatic rings. The van der Waals surface area contributed by atoms with Crippen LogP contribution in [-0.4, -0.2) is 19.6 Å². The van der Waals surface area contributed by atoms with Crippen LogP contribution in [0.3, 0.4) is 0 Å². The summed E-state index contributed by atoms with van der Waals surface area (Å²) < 4.78 is 1.89. The summed E-state index contributed by atoms with van der Waals surface area (Å²) >= 11 is 0. The van der Waals surface area contributed by atoms with Gasteiger partial charge in [0.25, 0.3) is 0 Å². The normalized spacial score (nSPS) is 10.4. The Hall–Kier alpha value is -1.45. The highest BCUT2D eigenvalue weighted by Crippen LogP contribution is 2.18. The summed E-state index contributed by atoms with van der Waals surface area (Å²) in [6, 6.07) is 0. The van der Waals surface area contributed by atoms with Gasteiger partial charge < -0.3 is 0 Å². The van der Waals surface area contributed by atoms with Crippen LogP contribution in [0.15, 0.2) is 6.33 Å². The SMILES string of the molecule is CC.Cc1ncnn2c(C(C)C)nc(C)c12. The lowest BCUT2D eigenvalue weighted by molar-refractivity contribution is 0.717. The van der Waals surface area contributed by atoms with Gasteiger partial charge in [0.15, 0.2) is 0 Å². The minimum atomic E-state index is 0.380. The van der Waals surface area contributed by atoms with Crippen LogP contribution >= 0.6 is 0 Å². The lowest BCUT2D eigenvalue weighted by Crippen LogP contribution is -2.02. The van der Waals surface area contributed by atoms with Crippen LogP contribution in [0.5, 0.6) is 0 Å². The molecular weight excluding hydrogens is 200 g/mol. The van der Waals surface area contributed by atoms with E-state index >= 15 is 0 Å². The Morgan fingerprint density at radius 1 is 1.12 bits per heavy atom. The maximum absolute atomic E-state index is 4.51. The molecule has 0 amide bonds. The monoisotopic (exact) mass is 220 g/mol. The number of aryl methyl sites for hydroxylation is 2. The number of fused-ring (bicyclic) bond motifs is 1. The highest BCUT2D eigenvalue weighted by atomic mass is 15.3. The average Bonchev–Trinajstić information content (AvgIpc) is 2.61. The second kappa shape index (κ2) is 5.05. The second-order valence-electron chi connectivity index (χ2n) is 3.82. The molecule has 0 aromatic carbocycles. The van der Waals surface area contributed by atoms with E-state index in [0.717, 1.165) is 22.7 Å². The Morgan fingerprint density at radius 2 is 1.75 bits per heavy atom. The van der Waals surface area contributed by atoms with Crippen molar-refractivity contribution in [1.82, 2.24) is 19.6 Å². The van der Waals surface area contributed by atoms with Crippen LogP contribution in [0.1, 0.15) is 50.8 Å².